The fraction of sp³-hybridized carbons (Fsp3) is 0.296. The van der Waals surface area contributed by atoms with E-state index >= 15 is 0 Å². The second-order valence-corrected chi connectivity index (χ2v) is 8.52. The molecule has 1 aliphatic rings. The topological polar surface area (TPSA) is 89.0 Å². The minimum absolute atomic E-state index is 0.118. The number of pyridine rings is 1. The zero-order valence-electron chi connectivity index (χ0n) is 19.3. The van der Waals surface area contributed by atoms with Gasteiger partial charge in [0.15, 0.2) is 0 Å². The van der Waals surface area contributed by atoms with Gasteiger partial charge in [-0.2, -0.15) is 0 Å². The van der Waals surface area contributed by atoms with Gasteiger partial charge in [-0.25, -0.2) is 4.79 Å². The fourth-order valence-corrected chi connectivity index (χ4v) is 4.25. The summed E-state index contributed by atoms with van der Waals surface area (Å²) in [7, 11) is 0. The van der Waals surface area contributed by atoms with Gasteiger partial charge in [0.1, 0.15) is 11.5 Å². The summed E-state index contributed by atoms with van der Waals surface area (Å²) in [5.41, 5.74) is 2.13. The number of carbonyl (C=O) groups excluding carboxylic acids is 1. The number of hydrogen-bond donors (Lipinski definition) is 1. The van der Waals surface area contributed by atoms with Crippen LogP contribution in [0.2, 0.25) is 0 Å². The molecule has 0 aliphatic carbocycles. The van der Waals surface area contributed by atoms with Gasteiger partial charge in [0.25, 0.3) is 5.91 Å². The van der Waals surface area contributed by atoms with Crippen molar-refractivity contribution in [2.24, 2.45) is 5.92 Å². The molecule has 0 atom stereocenters. The molecule has 176 valence electrons. The Hall–Kier alpha value is -3.87. The van der Waals surface area contributed by atoms with Crippen molar-refractivity contribution >= 4 is 11.9 Å². The number of carbonyl (C=O) groups is 2. The summed E-state index contributed by atoms with van der Waals surface area (Å²) in [6.45, 7) is 4.51. The molecule has 1 amide bonds. The highest BCUT2D eigenvalue weighted by atomic mass is 16.7. The van der Waals surface area contributed by atoms with Crippen LogP contribution < -0.4 is 9.47 Å². The Bertz CT molecular complexity index is 1110. The Morgan fingerprint density at radius 2 is 1.47 bits per heavy atom. The number of amides is 1. The van der Waals surface area contributed by atoms with E-state index < -0.39 is 17.7 Å². The zero-order valence-corrected chi connectivity index (χ0v) is 19.3. The average Bonchev–Trinajstić information content (AvgIpc) is 2.86. The van der Waals surface area contributed by atoms with E-state index in [1.54, 1.807) is 53.7 Å². The molecule has 0 bridgehead atoms. The minimum Gasteiger partial charge on any atom is -0.475 e. The van der Waals surface area contributed by atoms with Crippen LogP contribution in [0.3, 0.4) is 0 Å². The molecule has 0 saturated carbocycles. The first-order valence-electron chi connectivity index (χ1n) is 11.3. The molecule has 0 radical (unpaired) electrons. The van der Waals surface area contributed by atoms with Gasteiger partial charge in [0, 0.05) is 25.5 Å². The summed E-state index contributed by atoms with van der Waals surface area (Å²) in [4.78, 5) is 31.5. The molecule has 1 N–H and O–H groups in total. The normalized spacial score (nSPS) is 14.5. The first-order chi connectivity index (χ1) is 16.4. The molecule has 3 aromatic rings. The SMILES string of the molecule is Cc1ccccc1OC(Oc1ccccc1C)(C(=O)O)C1CCN(C(=O)c2cccnc2)CC1. The van der Waals surface area contributed by atoms with E-state index in [0.29, 0.717) is 43.0 Å². The molecular weight excluding hydrogens is 432 g/mol. The van der Waals surface area contributed by atoms with E-state index in [9.17, 15) is 14.7 Å². The molecule has 2 aromatic carbocycles. The Kier molecular flexibility index (Phi) is 6.82. The number of nitrogens with zero attached hydrogens (tertiary/aromatic N) is 2. The number of piperidine rings is 1. The largest absolute Gasteiger partial charge is 0.475 e. The van der Waals surface area contributed by atoms with Crippen LogP contribution in [0.15, 0.2) is 73.1 Å². The Morgan fingerprint density at radius 1 is 0.912 bits per heavy atom. The minimum atomic E-state index is -1.94. The van der Waals surface area contributed by atoms with E-state index in [-0.39, 0.29) is 5.91 Å². The van der Waals surface area contributed by atoms with E-state index in [1.165, 1.54) is 0 Å². The predicted molar refractivity (Wildman–Crippen MR) is 127 cm³/mol. The Morgan fingerprint density at radius 3 is 1.94 bits per heavy atom. The van der Waals surface area contributed by atoms with E-state index in [1.807, 2.05) is 38.1 Å². The van der Waals surface area contributed by atoms with Crippen LogP contribution in [-0.4, -0.2) is 45.7 Å². The quantitative estimate of drug-likeness (QED) is 0.523. The molecule has 34 heavy (non-hydrogen) atoms. The molecule has 2 heterocycles. The van der Waals surface area contributed by atoms with Crippen molar-refractivity contribution in [2.75, 3.05) is 13.1 Å². The zero-order chi connectivity index (χ0) is 24.1. The van der Waals surface area contributed by atoms with Gasteiger partial charge >= 0.3 is 11.8 Å². The lowest BCUT2D eigenvalue weighted by Crippen LogP contribution is -2.59. The van der Waals surface area contributed by atoms with Crippen molar-refractivity contribution in [2.45, 2.75) is 32.5 Å². The molecule has 4 rings (SSSR count). The van der Waals surface area contributed by atoms with Crippen LogP contribution >= 0.6 is 0 Å². The molecule has 1 fully saturated rings. The van der Waals surface area contributed by atoms with Gasteiger partial charge < -0.3 is 19.5 Å². The third-order valence-electron chi connectivity index (χ3n) is 6.24. The number of carboxylic acids is 1. The fourth-order valence-electron chi connectivity index (χ4n) is 4.25. The van der Waals surface area contributed by atoms with Crippen LogP contribution in [0, 0.1) is 19.8 Å². The smallest absolute Gasteiger partial charge is 0.390 e. The number of benzene rings is 2. The standard InChI is InChI=1S/C27H28N2O5/c1-19-8-3-5-11-23(19)33-27(26(31)32,34-24-12-6-4-9-20(24)2)22-13-16-29(17-14-22)25(30)21-10-7-15-28-18-21/h3-12,15,18,22H,13-14,16-17H2,1-2H3,(H,31,32). The Balaban J connectivity index is 1.64. The number of aryl methyl sites for hydroxylation is 2. The van der Waals surface area contributed by atoms with Gasteiger partial charge in [-0.3, -0.25) is 9.78 Å². The predicted octanol–water partition coefficient (Wildman–Crippen LogP) is 4.49. The lowest BCUT2D eigenvalue weighted by Gasteiger charge is -2.41. The molecule has 1 aromatic heterocycles. The van der Waals surface area contributed by atoms with E-state index in [4.69, 9.17) is 9.47 Å². The monoisotopic (exact) mass is 460 g/mol. The van der Waals surface area contributed by atoms with Gasteiger partial charge in [-0.1, -0.05) is 36.4 Å². The van der Waals surface area contributed by atoms with Crippen molar-refractivity contribution in [1.29, 1.82) is 0 Å². The maximum absolute atomic E-state index is 12.9. The highest BCUT2D eigenvalue weighted by Crippen LogP contribution is 2.37. The van der Waals surface area contributed by atoms with Crippen LogP contribution in [-0.2, 0) is 4.79 Å². The molecular formula is C27H28N2O5. The first kappa shape index (κ1) is 23.3. The molecule has 0 spiro atoms. The number of aliphatic carboxylic acids is 1. The van der Waals surface area contributed by atoms with Crippen LogP contribution in [0.25, 0.3) is 0 Å². The van der Waals surface area contributed by atoms with Gasteiger partial charge in [-0.15, -0.1) is 0 Å². The number of hydrogen-bond acceptors (Lipinski definition) is 5. The van der Waals surface area contributed by atoms with Crippen LogP contribution in [0.1, 0.15) is 34.3 Å². The second-order valence-electron chi connectivity index (χ2n) is 8.52. The van der Waals surface area contributed by atoms with Crippen molar-refractivity contribution in [3.8, 4) is 11.5 Å². The molecule has 1 saturated heterocycles. The van der Waals surface area contributed by atoms with Crippen molar-refractivity contribution in [1.82, 2.24) is 9.88 Å². The number of likely N-dealkylation sites (tertiary alicyclic amines) is 1. The number of para-hydroxylation sites is 2. The number of ether oxygens (including phenoxy) is 2. The number of rotatable bonds is 7. The average molecular weight is 461 g/mol. The Labute approximate surface area is 199 Å². The lowest BCUT2D eigenvalue weighted by molar-refractivity contribution is -0.204. The van der Waals surface area contributed by atoms with Gasteiger partial charge in [0.05, 0.1) is 11.5 Å². The molecule has 0 unspecified atom stereocenters. The van der Waals surface area contributed by atoms with Crippen LogP contribution in [0.5, 0.6) is 11.5 Å². The van der Waals surface area contributed by atoms with Gasteiger partial charge in [-0.05, 0) is 62.1 Å². The van der Waals surface area contributed by atoms with Crippen molar-refractivity contribution < 1.29 is 24.2 Å². The molecule has 1 aliphatic heterocycles. The third-order valence-corrected chi connectivity index (χ3v) is 6.24. The van der Waals surface area contributed by atoms with Gasteiger partial charge in [0.2, 0.25) is 0 Å². The van der Waals surface area contributed by atoms with E-state index in [2.05, 4.69) is 4.98 Å². The highest BCUT2D eigenvalue weighted by molar-refractivity contribution is 5.94. The second kappa shape index (κ2) is 9.95. The summed E-state index contributed by atoms with van der Waals surface area (Å²) in [6, 6.07) is 18.0. The summed E-state index contributed by atoms with van der Waals surface area (Å²) < 4.78 is 12.5. The van der Waals surface area contributed by atoms with Crippen molar-refractivity contribution in [3.63, 3.8) is 0 Å². The third kappa shape index (κ3) is 4.73. The van der Waals surface area contributed by atoms with Crippen LogP contribution in [0.4, 0.5) is 0 Å². The lowest BCUT2D eigenvalue weighted by atomic mass is 9.87. The number of carboxylic acid groups (broad SMARTS) is 1. The summed E-state index contributed by atoms with van der Waals surface area (Å²) in [5, 5.41) is 10.5. The van der Waals surface area contributed by atoms with Crippen molar-refractivity contribution in [3.05, 3.63) is 89.7 Å². The highest BCUT2D eigenvalue weighted by Gasteiger charge is 2.53. The first-order valence-corrected chi connectivity index (χ1v) is 11.3. The maximum atomic E-state index is 12.9. The molecule has 7 nitrogen and oxygen atoms in total. The number of aromatic nitrogens is 1. The molecule has 7 heteroatoms. The van der Waals surface area contributed by atoms with E-state index in [0.717, 1.165) is 11.1 Å². The summed E-state index contributed by atoms with van der Waals surface area (Å²) in [5.74, 6) is -2.84. The summed E-state index contributed by atoms with van der Waals surface area (Å²) in [6.07, 6.45) is 3.99. The maximum Gasteiger partial charge on any atom is 0.390 e. The summed E-state index contributed by atoms with van der Waals surface area (Å²) >= 11 is 0.